The summed E-state index contributed by atoms with van der Waals surface area (Å²) in [5.41, 5.74) is 0.318. The molecular formula is C16H19FN4O3. The average molecular weight is 334 g/mol. The van der Waals surface area contributed by atoms with E-state index in [4.69, 9.17) is 9.26 Å². The van der Waals surface area contributed by atoms with Crippen molar-refractivity contribution >= 4 is 11.6 Å². The fourth-order valence-electron chi connectivity index (χ4n) is 2.85. The molecule has 8 heteroatoms. The van der Waals surface area contributed by atoms with E-state index in [-0.39, 0.29) is 18.6 Å². The highest BCUT2D eigenvalue weighted by atomic mass is 19.1. The molecule has 128 valence electrons. The number of anilines is 1. The summed E-state index contributed by atoms with van der Waals surface area (Å²) < 4.78 is 24.0. The molecule has 1 unspecified atom stereocenters. The van der Waals surface area contributed by atoms with Crippen LogP contribution >= 0.6 is 0 Å². The van der Waals surface area contributed by atoms with Crippen LogP contribution in [0.5, 0.6) is 0 Å². The highest BCUT2D eigenvalue weighted by molar-refractivity contribution is 5.99. The van der Waals surface area contributed by atoms with Gasteiger partial charge in [0.15, 0.2) is 5.82 Å². The number of benzene rings is 1. The molecule has 3 rings (SSSR count). The Labute approximate surface area is 139 Å². The number of hydrogen-bond acceptors (Lipinski definition) is 6. The van der Waals surface area contributed by atoms with Gasteiger partial charge in [-0.25, -0.2) is 4.39 Å². The molecule has 0 spiro atoms. The van der Waals surface area contributed by atoms with Crippen LogP contribution in [0.4, 0.5) is 10.1 Å². The lowest BCUT2D eigenvalue weighted by molar-refractivity contribution is -0.121. The minimum absolute atomic E-state index is 0.126. The summed E-state index contributed by atoms with van der Waals surface area (Å²) in [4.78, 5) is 20.2. The lowest BCUT2D eigenvalue weighted by Gasteiger charge is -2.22. The predicted molar refractivity (Wildman–Crippen MR) is 83.6 cm³/mol. The molecule has 1 aromatic carbocycles. The summed E-state index contributed by atoms with van der Waals surface area (Å²) in [6.45, 7) is 1.10. The van der Waals surface area contributed by atoms with Crippen LogP contribution in [0.25, 0.3) is 0 Å². The standard InChI is InChI=1S/C16H19FN4O3/c1-20(9-15-18-14(10-23-2)19-24-15)13-7-8-21(16(13)22)12-6-4-3-5-11(12)17/h3-6,13H,7-10H2,1-2H3. The van der Waals surface area contributed by atoms with Crippen molar-refractivity contribution in [1.82, 2.24) is 15.0 Å². The fraction of sp³-hybridized carbons (Fsp3) is 0.438. The Morgan fingerprint density at radius 2 is 2.25 bits per heavy atom. The van der Waals surface area contributed by atoms with E-state index in [0.29, 0.717) is 36.9 Å². The molecule has 1 fully saturated rings. The van der Waals surface area contributed by atoms with Gasteiger partial charge in [0.1, 0.15) is 12.4 Å². The van der Waals surface area contributed by atoms with Crippen LogP contribution in [-0.2, 0) is 22.7 Å². The lowest BCUT2D eigenvalue weighted by atomic mass is 10.2. The van der Waals surface area contributed by atoms with Gasteiger partial charge in [0, 0.05) is 13.7 Å². The second-order valence-corrected chi connectivity index (χ2v) is 5.70. The number of aromatic nitrogens is 2. The summed E-state index contributed by atoms with van der Waals surface area (Å²) in [6.07, 6.45) is 0.614. The normalized spacial score (nSPS) is 17.9. The Morgan fingerprint density at radius 3 is 3.00 bits per heavy atom. The Kier molecular flexibility index (Phi) is 4.86. The van der Waals surface area contributed by atoms with Crippen LogP contribution in [0, 0.1) is 5.82 Å². The number of halogens is 1. The van der Waals surface area contributed by atoms with E-state index < -0.39 is 5.82 Å². The minimum atomic E-state index is -0.393. The Hall–Kier alpha value is -2.32. The summed E-state index contributed by atoms with van der Waals surface area (Å²) in [6, 6.07) is 5.96. The second-order valence-electron chi connectivity index (χ2n) is 5.70. The molecule has 7 nitrogen and oxygen atoms in total. The maximum Gasteiger partial charge on any atom is 0.244 e. The summed E-state index contributed by atoms with van der Waals surface area (Å²) >= 11 is 0. The van der Waals surface area contributed by atoms with E-state index in [0.717, 1.165) is 0 Å². The molecule has 2 heterocycles. The van der Waals surface area contributed by atoms with E-state index in [2.05, 4.69) is 10.1 Å². The largest absolute Gasteiger partial charge is 0.377 e. The molecular weight excluding hydrogens is 315 g/mol. The number of hydrogen-bond donors (Lipinski definition) is 0. The molecule has 1 aliphatic rings. The highest BCUT2D eigenvalue weighted by Gasteiger charge is 2.36. The first-order valence-corrected chi connectivity index (χ1v) is 7.66. The van der Waals surface area contributed by atoms with Gasteiger partial charge in [-0.3, -0.25) is 9.69 Å². The van der Waals surface area contributed by atoms with E-state index >= 15 is 0 Å². The molecule has 24 heavy (non-hydrogen) atoms. The van der Waals surface area contributed by atoms with Gasteiger partial charge in [0.05, 0.1) is 18.3 Å². The highest BCUT2D eigenvalue weighted by Crippen LogP contribution is 2.26. The van der Waals surface area contributed by atoms with E-state index in [1.807, 2.05) is 11.9 Å². The van der Waals surface area contributed by atoms with Gasteiger partial charge < -0.3 is 14.2 Å². The second kappa shape index (κ2) is 7.06. The number of rotatable bonds is 6. The number of nitrogens with zero attached hydrogens (tertiary/aromatic N) is 4. The van der Waals surface area contributed by atoms with Gasteiger partial charge in [-0.05, 0) is 25.6 Å². The number of ether oxygens (including phenoxy) is 1. The summed E-state index contributed by atoms with van der Waals surface area (Å²) in [7, 11) is 3.37. The molecule has 2 aromatic rings. The van der Waals surface area contributed by atoms with Crippen molar-refractivity contribution in [3.8, 4) is 0 Å². The third kappa shape index (κ3) is 3.29. The first-order chi connectivity index (χ1) is 11.6. The Balaban J connectivity index is 1.67. The van der Waals surface area contributed by atoms with E-state index in [1.165, 1.54) is 11.0 Å². The van der Waals surface area contributed by atoms with Crippen molar-refractivity contribution in [3.63, 3.8) is 0 Å². The fourth-order valence-corrected chi connectivity index (χ4v) is 2.85. The minimum Gasteiger partial charge on any atom is -0.377 e. The van der Waals surface area contributed by atoms with Crippen molar-refractivity contribution in [3.05, 3.63) is 41.8 Å². The SMILES string of the molecule is COCc1noc(CN(C)C2CCN(c3ccccc3F)C2=O)n1. The van der Waals surface area contributed by atoms with Crippen LogP contribution in [0.15, 0.2) is 28.8 Å². The average Bonchev–Trinajstić information content (AvgIpc) is 3.15. The van der Waals surface area contributed by atoms with Crippen molar-refractivity contribution in [2.45, 2.75) is 25.6 Å². The zero-order valence-corrected chi connectivity index (χ0v) is 13.6. The van der Waals surface area contributed by atoms with Crippen molar-refractivity contribution in [2.75, 3.05) is 25.6 Å². The zero-order chi connectivity index (χ0) is 17.1. The van der Waals surface area contributed by atoms with Crippen LogP contribution in [0.2, 0.25) is 0 Å². The van der Waals surface area contributed by atoms with Gasteiger partial charge in [-0.15, -0.1) is 0 Å². The number of carbonyl (C=O) groups is 1. The zero-order valence-electron chi connectivity index (χ0n) is 13.6. The number of amides is 1. The number of carbonyl (C=O) groups excluding carboxylic acids is 1. The van der Waals surface area contributed by atoms with Gasteiger partial charge >= 0.3 is 0 Å². The van der Waals surface area contributed by atoms with Crippen LogP contribution in [0.3, 0.4) is 0 Å². The molecule has 1 aliphatic heterocycles. The monoisotopic (exact) mass is 334 g/mol. The predicted octanol–water partition coefficient (Wildman–Crippen LogP) is 1.59. The molecule has 0 saturated carbocycles. The maximum atomic E-state index is 13.9. The lowest BCUT2D eigenvalue weighted by Crippen LogP contribution is -2.39. The maximum absolute atomic E-state index is 13.9. The van der Waals surface area contributed by atoms with Crippen LogP contribution in [0.1, 0.15) is 18.1 Å². The number of methoxy groups -OCH3 is 1. The Morgan fingerprint density at radius 1 is 1.46 bits per heavy atom. The molecule has 1 amide bonds. The topological polar surface area (TPSA) is 71.7 Å². The molecule has 0 aliphatic carbocycles. The molecule has 1 aromatic heterocycles. The third-order valence-electron chi connectivity index (χ3n) is 4.02. The van der Waals surface area contributed by atoms with Crippen LogP contribution < -0.4 is 4.90 Å². The molecule has 0 radical (unpaired) electrons. The third-order valence-corrected chi connectivity index (χ3v) is 4.02. The van der Waals surface area contributed by atoms with Gasteiger partial charge in [0.2, 0.25) is 11.8 Å². The van der Waals surface area contributed by atoms with Gasteiger partial charge in [-0.1, -0.05) is 17.3 Å². The molecule has 1 atom stereocenters. The van der Waals surface area contributed by atoms with Crippen molar-refractivity contribution in [1.29, 1.82) is 0 Å². The molecule has 1 saturated heterocycles. The van der Waals surface area contributed by atoms with Crippen LogP contribution in [-0.4, -0.2) is 47.7 Å². The molecule has 0 bridgehead atoms. The first-order valence-electron chi connectivity index (χ1n) is 7.66. The van der Waals surface area contributed by atoms with Gasteiger partial charge in [-0.2, -0.15) is 4.98 Å². The van der Waals surface area contributed by atoms with Crippen molar-refractivity contribution < 1.29 is 18.4 Å². The summed E-state index contributed by atoms with van der Waals surface area (Å²) in [5.74, 6) is 0.364. The quantitative estimate of drug-likeness (QED) is 0.799. The Bertz CT molecular complexity index is 721. The number of para-hydroxylation sites is 1. The van der Waals surface area contributed by atoms with E-state index in [1.54, 1.807) is 25.3 Å². The van der Waals surface area contributed by atoms with E-state index in [9.17, 15) is 9.18 Å². The van der Waals surface area contributed by atoms with Gasteiger partial charge in [0.25, 0.3) is 0 Å². The number of likely N-dealkylation sites (N-methyl/N-ethyl adjacent to an activating group) is 1. The summed E-state index contributed by atoms with van der Waals surface area (Å²) in [5, 5.41) is 3.80. The van der Waals surface area contributed by atoms with Crippen molar-refractivity contribution in [2.24, 2.45) is 0 Å². The first kappa shape index (κ1) is 16.5. The smallest absolute Gasteiger partial charge is 0.244 e. The molecule has 0 N–H and O–H groups in total.